The van der Waals surface area contributed by atoms with Crippen LogP contribution in [0.5, 0.6) is 0 Å². The fourth-order valence-electron chi connectivity index (χ4n) is 7.69. The van der Waals surface area contributed by atoms with Crippen LogP contribution in [0.4, 0.5) is 0 Å². The van der Waals surface area contributed by atoms with Crippen molar-refractivity contribution in [2.75, 3.05) is 0 Å². The van der Waals surface area contributed by atoms with Crippen LogP contribution >= 0.6 is 0 Å². The standard InChI is InChI=1S/3C13H13.3Y/c2*1-2-6-12-10(4-1)8-9-11-5-3-7-13(11)12;1-2-5-11-9-13-7-3-6-12(13)8-10(11)4-1;;;/h1-2,4,6-9,11,13H,3,5H2;1-2,4-6,8-9,11,13H,3,7H2;1-2,4-6,8-9,12-13H,3,7H2;;;/q3*-1;;;. The molecule has 3 heteroatoms. The van der Waals surface area contributed by atoms with Gasteiger partial charge >= 0.3 is 0 Å². The number of allylic oxidation sites excluding steroid dienone is 2. The smallest absolute Gasteiger partial charge is 0 e. The molecule has 0 aromatic heterocycles. The van der Waals surface area contributed by atoms with Crippen LogP contribution in [0.2, 0.25) is 0 Å². The zero-order valence-corrected chi connectivity index (χ0v) is 33.1. The van der Waals surface area contributed by atoms with Crippen molar-refractivity contribution in [2.24, 2.45) is 23.7 Å². The summed E-state index contributed by atoms with van der Waals surface area (Å²) in [6.07, 6.45) is 29.5. The van der Waals surface area contributed by atoms with Crippen LogP contribution in [0.1, 0.15) is 72.6 Å². The van der Waals surface area contributed by atoms with Gasteiger partial charge in [0.25, 0.3) is 0 Å². The third kappa shape index (κ3) is 7.76. The Morgan fingerprint density at radius 3 is 1.88 bits per heavy atom. The molecule has 3 aromatic carbocycles. The molecule has 0 nitrogen and oxygen atoms in total. The van der Waals surface area contributed by atoms with Gasteiger partial charge in [0.1, 0.15) is 0 Å². The summed E-state index contributed by atoms with van der Waals surface area (Å²) in [4.78, 5) is 0. The second-order valence-corrected chi connectivity index (χ2v) is 12.0. The molecule has 9 rings (SSSR count). The molecule has 3 saturated carbocycles. The van der Waals surface area contributed by atoms with Crippen LogP contribution in [0.3, 0.4) is 0 Å². The van der Waals surface area contributed by atoms with Crippen LogP contribution in [-0.4, -0.2) is 0 Å². The maximum Gasteiger partial charge on any atom is 0 e. The molecule has 6 aliphatic carbocycles. The van der Waals surface area contributed by atoms with Crippen molar-refractivity contribution >= 4 is 24.3 Å². The van der Waals surface area contributed by atoms with Crippen LogP contribution in [-0.2, 0) is 98.1 Å². The third-order valence-electron chi connectivity index (χ3n) is 9.73. The van der Waals surface area contributed by atoms with Crippen LogP contribution in [0.25, 0.3) is 24.3 Å². The molecule has 6 unspecified atom stereocenters. The van der Waals surface area contributed by atoms with E-state index in [0.717, 1.165) is 29.6 Å². The Labute approximate surface area is 329 Å². The zero-order chi connectivity index (χ0) is 26.0. The predicted molar refractivity (Wildman–Crippen MR) is 166 cm³/mol. The molecule has 0 spiro atoms. The minimum Gasteiger partial charge on any atom is -0.321 e. The molecule has 3 radical (unpaired) electrons. The number of hydrogen-bond donors (Lipinski definition) is 0. The largest absolute Gasteiger partial charge is 0.321 e. The van der Waals surface area contributed by atoms with Crippen molar-refractivity contribution in [3.8, 4) is 0 Å². The summed E-state index contributed by atoms with van der Waals surface area (Å²) in [5, 5.41) is 2.85. The first-order chi connectivity index (χ1) is 19.3. The Hall–Kier alpha value is 0.192. The topological polar surface area (TPSA) is 0 Å². The van der Waals surface area contributed by atoms with Gasteiger partial charge in [0, 0.05) is 98.1 Å². The van der Waals surface area contributed by atoms with Gasteiger partial charge in [-0.2, -0.15) is 19.3 Å². The molecule has 6 atom stereocenters. The van der Waals surface area contributed by atoms with Crippen molar-refractivity contribution in [3.05, 3.63) is 137 Å². The minimum absolute atomic E-state index is 0. The number of benzene rings is 3. The Morgan fingerprint density at radius 1 is 0.500 bits per heavy atom. The second kappa shape index (κ2) is 16.7. The van der Waals surface area contributed by atoms with Gasteiger partial charge < -0.3 is 19.3 Å². The van der Waals surface area contributed by atoms with Crippen molar-refractivity contribution in [3.63, 3.8) is 0 Å². The van der Waals surface area contributed by atoms with Crippen LogP contribution < -0.4 is 10.4 Å². The Balaban J connectivity index is 0.000000140. The Morgan fingerprint density at radius 2 is 1.07 bits per heavy atom. The molecule has 0 aliphatic heterocycles. The monoisotopic (exact) mass is 774 g/mol. The first kappa shape index (κ1) is 35.1. The van der Waals surface area contributed by atoms with Gasteiger partial charge in [-0.05, 0) is 44.9 Å². The van der Waals surface area contributed by atoms with E-state index >= 15 is 0 Å². The Bertz CT molecular complexity index is 1390. The van der Waals surface area contributed by atoms with Gasteiger partial charge in [-0.25, -0.2) is 0 Å². The SMILES string of the molecule is C1=CC2CC[CH-]C2c2ccccc21.C1=CC2[CH-]CCC2c2ccccc21.C1=c2ccccc2=CC2CC[CH-]C12.[Y].[Y].[Y]. The van der Waals surface area contributed by atoms with E-state index in [4.69, 9.17) is 0 Å². The van der Waals surface area contributed by atoms with Crippen LogP contribution in [0.15, 0.2) is 84.9 Å². The first-order valence-corrected chi connectivity index (χ1v) is 15.2. The zero-order valence-electron chi connectivity index (χ0n) is 24.6. The molecule has 42 heavy (non-hydrogen) atoms. The maximum atomic E-state index is 2.48. The number of hydrogen-bond acceptors (Lipinski definition) is 0. The minimum atomic E-state index is 0. The molecule has 207 valence electrons. The number of fused-ring (bicyclic) bond motifs is 8. The van der Waals surface area contributed by atoms with E-state index in [9.17, 15) is 0 Å². The molecule has 6 aliphatic rings. The van der Waals surface area contributed by atoms with E-state index in [-0.39, 0.29) is 98.1 Å². The molecule has 0 saturated heterocycles. The third-order valence-corrected chi connectivity index (χ3v) is 9.73. The van der Waals surface area contributed by atoms with Crippen molar-refractivity contribution in [1.29, 1.82) is 0 Å². The first-order valence-electron chi connectivity index (χ1n) is 15.2. The summed E-state index contributed by atoms with van der Waals surface area (Å²) in [7, 11) is 0. The summed E-state index contributed by atoms with van der Waals surface area (Å²) >= 11 is 0. The van der Waals surface area contributed by atoms with Gasteiger partial charge in [0.15, 0.2) is 0 Å². The summed E-state index contributed by atoms with van der Waals surface area (Å²) in [5.74, 6) is 4.50. The van der Waals surface area contributed by atoms with E-state index < -0.39 is 0 Å². The van der Waals surface area contributed by atoms with E-state index in [1.165, 1.54) is 65.7 Å². The van der Waals surface area contributed by atoms with E-state index in [0.29, 0.717) is 5.92 Å². The fourth-order valence-corrected chi connectivity index (χ4v) is 7.69. The molecule has 3 aromatic rings. The molecular weight excluding hydrogens is 735 g/mol. The van der Waals surface area contributed by atoms with E-state index in [1.807, 2.05) is 0 Å². The van der Waals surface area contributed by atoms with E-state index in [2.05, 4.69) is 129 Å². The van der Waals surface area contributed by atoms with Gasteiger partial charge in [-0.1, -0.05) is 122 Å². The molecule has 0 bridgehead atoms. The van der Waals surface area contributed by atoms with Crippen molar-refractivity contribution in [1.82, 2.24) is 0 Å². The summed E-state index contributed by atoms with van der Waals surface area (Å²) in [5.41, 5.74) is 5.94. The molecular formula is C39H39Y3-3. The summed E-state index contributed by atoms with van der Waals surface area (Å²) in [6.45, 7) is 0. The molecule has 0 heterocycles. The average molecular weight is 774 g/mol. The summed E-state index contributed by atoms with van der Waals surface area (Å²) < 4.78 is 0. The fraction of sp³-hybridized carbons (Fsp3) is 0.308. The molecule has 0 N–H and O–H groups in total. The van der Waals surface area contributed by atoms with Crippen LogP contribution in [0, 0.1) is 42.9 Å². The van der Waals surface area contributed by atoms with Gasteiger partial charge in [-0.3, -0.25) is 0 Å². The van der Waals surface area contributed by atoms with Gasteiger partial charge in [0.2, 0.25) is 0 Å². The van der Waals surface area contributed by atoms with Crippen molar-refractivity contribution < 1.29 is 98.1 Å². The summed E-state index contributed by atoms with van der Waals surface area (Å²) in [6, 6.07) is 26.3. The van der Waals surface area contributed by atoms with Crippen molar-refractivity contribution in [2.45, 2.75) is 50.4 Å². The van der Waals surface area contributed by atoms with Gasteiger partial charge in [-0.15, -0.1) is 29.9 Å². The average Bonchev–Trinajstić information content (AvgIpc) is 3.77. The quantitative estimate of drug-likeness (QED) is 0.202. The maximum absolute atomic E-state index is 2.48. The normalized spacial score (nSPS) is 27.7. The van der Waals surface area contributed by atoms with E-state index in [1.54, 1.807) is 5.56 Å². The molecule has 0 amide bonds. The van der Waals surface area contributed by atoms with Gasteiger partial charge in [0.05, 0.1) is 0 Å². The molecule has 3 fully saturated rings. The predicted octanol–water partition coefficient (Wildman–Crippen LogP) is 8.31. The second-order valence-electron chi connectivity index (χ2n) is 12.0. The number of rotatable bonds is 0. The Kier molecular flexibility index (Phi) is 13.9.